The maximum absolute atomic E-state index is 2.42. The van der Waals surface area contributed by atoms with Crippen LogP contribution in [-0.4, -0.2) is 0 Å². The first-order valence-electron chi connectivity index (χ1n) is 9.34. The van der Waals surface area contributed by atoms with Crippen molar-refractivity contribution in [2.24, 2.45) is 0 Å². The Bertz CT molecular complexity index is 855. The van der Waals surface area contributed by atoms with Crippen molar-refractivity contribution in [1.82, 2.24) is 0 Å². The van der Waals surface area contributed by atoms with Crippen LogP contribution in [0.25, 0.3) is 0 Å². The molecule has 0 heterocycles. The fraction of sp³-hybridized carbons (Fsp3) is 0.280. The van der Waals surface area contributed by atoms with E-state index in [0.717, 1.165) is 6.54 Å². The van der Waals surface area contributed by atoms with Crippen LogP contribution < -0.4 is 4.90 Å². The summed E-state index contributed by atoms with van der Waals surface area (Å²) in [6, 6.07) is 26.4. The molecule has 0 aromatic heterocycles. The lowest BCUT2D eigenvalue weighted by atomic mass is 9.87. The Labute approximate surface area is 158 Å². The first kappa shape index (κ1) is 18.3. The lowest BCUT2D eigenvalue weighted by Crippen LogP contribution is -2.18. The molecular weight excluding hydrogens is 314 g/mol. The van der Waals surface area contributed by atoms with Crippen LogP contribution in [0.1, 0.15) is 43.0 Å². The molecule has 0 amide bonds. The van der Waals surface area contributed by atoms with Crippen LogP contribution in [0, 0.1) is 13.8 Å². The standard InChI is InChI=1S/C25H29N/c1-19-11-12-20(2)24(17-19)26(18-21-9-7-6-8-10-21)23-15-13-22(14-16-23)25(3,4)5/h6-17H,18H2,1-5H3. The molecule has 0 atom stereocenters. The van der Waals surface area contributed by atoms with Gasteiger partial charge in [0.05, 0.1) is 0 Å². The highest BCUT2D eigenvalue weighted by Crippen LogP contribution is 2.33. The third kappa shape index (κ3) is 4.16. The van der Waals surface area contributed by atoms with Crippen molar-refractivity contribution in [1.29, 1.82) is 0 Å². The summed E-state index contributed by atoms with van der Waals surface area (Å²) in [6.07, 6.45) is 0. The number of nitrogens with zero attached hydrogens (tertiary/aromatic N) is 1. The smallest absolute Gasteiger partial charge is 0.0481 e. The Morgan fingerprint density at radius 3 is 2.04 bits per heavy atom. The monoisotopic (exact) mass is 343 g/mol. The Balaban J connectivity index is 2.04. The van der Waals surface area contributed by atoms with E-state index in [9.17, 15) is 0 Å². The van der Waals surface area contributed by atoms with Gasteiger partial charge in [-0.25, -0.2) is 0 Å². The predicted molar refractivity (Wildman–Crippen MR) is 113 cm³/mol. The van der Waals surface area contributed by atoms with Crippen molar-refractivity contribution < 1.29 is 0 Å². The van der Waals surface area contributed by atoms with Crippen LogP contribution in [0.2, 0.25) is 0 Å². The third-order valence-electron chi connectivity index (χ3n) is 4.88. The first-order valence-corrected chi connectivity index (χ1v) is 9.34. The molecule has 0 bridgehead atoms. The van der Waals surface area contributed by atoms with Gasteiger partial charge in [-0.05, 0) is 59.7 Å². The third-order valence-corrected chi connectivity index (χ3v) is 4.88. The van der Waals surface area contributed by atoms with Crippen LogP contribution in [-0.2, 0) is 12.0 Å². The number of rotatable bonds is 4. The summed E-state index contributed by atoms with van der Waals surface area (Å²) in [7, 11) is 0. The van der Waals surface area contributed by atoms with Crippen molar-refractivity contribution in [2.45, 2.75) is 46.6 Å². The molecule has 0 radical (unpaired) electrons. The molecule has 1 heteroatoms. The highest BCUT2D eigenvalue weighted by Gasteiger charge is 2.16. The highest BCUT2D eigenvalue weighted by molar-refractivity contribution is 5.67. The van der Waals surface area contributed by atoms with E-state index in [2.05, 4.69) is 112 Å². The Hall–Kier alpha value is -2.54. The van der Waals surface area contributed by atoms with E-state index in [1.807, 2.05) is 0 Å². The largest absolute Gasteiger partial charge is 0.337 e. The molecule has 0 aliphatic heterocycles. The minimum atomic E-state index is 0.169. The fourth-order valence-corrected chi connectivity index (χ4v) is 3.23. The molecule has 0 fully saturated rings. The average molecular weight is 344 g/mol. The maximum atomic E-state index is 2.42. The van der Waals surface area contributed by atoms with Crippen LogP contribution in [0.3, 0.4) is 0 Å². The SMILES string of the molecule is Cc1ccc(C)c(N(Cc2ccccc2)c2ccc(C(C)(C)C)cc2)c1. The summed E-state index contributed by atoms with van der Waals surface area (Å²) in [5, 5.41) is 0. The molecular formula is C25H29N. The van der Waals surface area contributed by atoms with Crippen molar-refractivity contribution >= 4 is 11.4 Å². The Kier molecular flexibility index (Phi) is 5.18. The zero-order valence-corrected chi connectivity index (χ0v) is 16.6. The molecule has 1 nitrogen and oxygen atoms in total. The van der Waals surface area contributed by atoms with E-state index >= 15 is 0 Å². The zero-order chi connectivity index (χ0) is 18.7. The van der Waals surface area contributed by atoms with Gasteiger partial charge < -0.3 is 4.90 Å². The van der Waals surface area contributed by atoms with Crippen LogP contribution in [0.15, 0.2) is 72.8 Å². The first-order chi connectivity index (χ1) is 12.3. The van der Waals surface area contributed by atoms with Gasteiger partial charge >= 0.3 is 0 Å². The second-order valence-corrected chi connectivity index (χ2v) is 8.16. The molecule has 0 saturated carbocycles. The van der Waals surface area contributed by atoms with Gasteiger partial charge in [0.25, 0.3) is 0 Å². The topological polar surface area (TPSA) is 3.24 Å². The van der Waals surface area contributed by atoms with Crippen molar-refractivity contribution in [3.63, 3.8) is 0 Å². The molecule has 0 spiro atoms. The van der Waals surface area contributed by atoms with Crippen molar-refractivity contribution in [3.05, 3.63) is 95.1 Å². The quantitative estimate of drug-likeness (QED) is 0.496. The van der Waals surface area contributed by atoms with E-state index in [1.165, 1.54) is 33.6 Å². The number of aryl methyl sites for hydroxylation is 2. The number of hydrogen-bond donors (Lipinski definition) is 0. The van der Waals surface area contributed by atoms with E-state index < -0.39 is 0 Å². The fourth-order valence-electron chi connectivity index (χ4n) is 3.23. The van der Waals surface area contributed by atoms with Gasteiger partial charge in [0.15, 0.2) is 0 Å². The summed E-state index contributed by atoms with van der Waals surface area (Å²) in [5.41, 5.74) is 7.94. The average Bonchev–Trinajstić information content (AvgIpc) is 2.62. The van der Waals surface area contributed by atoms with Crippen molar-refractivity contribution in [2.75, 3.05) is 4.90 Å². The molecule has 3 aromatic rings. The van der Waals surface area contributed by atoms with Gasteiger partial charge in [-0.2, -0.15) is 0 Å². The van der Waals surface area contributed by atoms with Crippen molar-refractivity contribution in [3.8, 4) is 0 Å². The number of benzene rings is 3. The van der Waals surface area contributed by atoms with Gasteiger partial charge in [-0.1, -0.05) is 75.4 Å². The molecule has 134 valence electrons. The predicted octanol–water partition coefficient (Wildman–Crippen LogP) is 6.94. The lowest BCUT2D eigenvalue weighted by Gasteiger charge is -2.28. The van der Waals surface area contributed by atoms with Crippen LogP contribution in [0.4, 0.5) is 11.4 Å². The molecule has 0 aliphatic rings. The van der Waals surface area contributed by atoms with E-state index in [1.54, 1.807) is 0 Å². The summed E-state index contributed by atoms with van der Waals surface area (Å²) < 4.78 is 0. The summed E-state index contributed by atoms with van der Waals surface area (Å²) in [4.78, 5) is 2.42. The Morgan fingerprint density at radius 1 is 0.769 bits per heavy atom. The minimum Gasteiger partial charge on any atom is -0.337 e. The maximum Gasteiger partial charge on any atom is 0.0481 e. The minimum absolute atomic E-state index is 0.169. The number of anilines is 2. The second kappa shape index (κ2) is 7.37. The normalized spacial score (nSPS) is 11.4. The van der Waals surface area contributed by atoms with Gasteiger partial charge in [0, 0.05) is 17.9 Å². The number of hydrogen-bond acceptors (Lipinski definition) is 1. The van der Waals surface area contributed by atoms with Crippen LogP contribution in [0.5, 0.6) is 0 Å². The molecule has 0 unspecified atom stereocenters. The highest BCUT2D eigenvalue weighted by atomic mass is 15.1. The molecule has 3 aromatic carbocycles. The molecule has 3 rings (SSSR count). The molecule has 0 N–H and O–H groups in total. The second-order valence-electron chi connectivity index (χ2n) is 8.16. The van der Waals surface area contributed by atoms with Gasteiger partial charge in [0.2, 0.25) is 0 Å². The summed E-state index contributed by atoms with van der Waals surface area (Å²) in [5.74, 6) is 0. The lowest BCUT2D eigenvalue weighted by molar-refractivity contribution is 0.590. The molecule has 0 saturated heterocycles. The summed E-state index contributed by atoms with van der Waals surface area (Å²) in [6.45, 7) is 12.0. The Morgan fingerprint density at radius 2 is 1.42 bits per heavy atom. The van der Waals surface area contributed by atoms with E-state index in [-0.39, 0.29) is 5.41 Å². The summed E-state index contributed by atoms with van der Waals surface area (Å²) >= 11 is 0. The van der Waals surface area contributed by atoms with Gasteiger partial charge in [0.1, 0.15) is 0 Å². The van der Waals surface area contributed by atoms with Gasteiger partial charge in [-0.15, -0.1) is 0 Å². The van der Waals surface area contributed by atoms with E-state index in [0.29, 0.717) is 0 Å². The zero-order valence-electron chi connectivity index (χ0n) is 16.6. The van der Waals surface area contributed by atoms with E-state index in [4.69, 9.17) is 0 Å². The van der Waals surface area contributed by atoms with Crippen LogP contribution >= 0.6 is 0 Å². The van der Waals surface area contributed by atoms with Gasteiger partial charge in [-0.3, -0.25) is 0 Å². The molecule has 0 aliphatic carbocycles. The molecule has 26 heavy (non-hydrogen) atoms.